The summed E-state index contributed by atoms with van der Waals surface area (Å²) in [5, 5.41) is 2.37. The predicted octanol–water partition coefficient (Wildman–Crippen LogP) is 0.908. The predicted molar refractivity (Wildman–Crippen MR) is 57.5 cm³/mol. The minimum absolute atomic E-state index is 0.123. The highest BCUT2D eigenvalue weighted by Gasteiger charge is 2.31. The van der Waals surface area contributed by atoms with Crippen molar-refractivity contribution in [1.82, 2.24) is 10.2 Å². The van der Waals surface area contributed by atoms with Gasteiger partial charge >= 0.3 is 6.18 Å². The first-order valence-electron chi connectivity index (χ1n) is 4.99. The highest BCUT2D eigenvalue weighted by molar-refractivity contribution is 9.09. The molecule has 0 radical (unpaired) electrons. The van der Waals surface area contributed by atoms with E-state index in [2.05, 4.69) is 15.9 Å². The Hall–Kier alpha value is -0.790. The van der Waals surface area contributed by atoms with Crippen LogP contribution in [0.3, 0.4) is 0 Å². The molecule has 1 aliphatic rings. The molecule has 0 aromatic rings. The van der Waals surface area contributed by atoms with Gasteiger partial charge in [-0.25, -0.2) is 0 Å². The van der Waals surface area contributed by atoms with Gasteiger partial charge in [0.05, 0.1) is 6.54 Å². The molecule has 0 aromatic carbocycles. The smallest absolute Gasteiger partial charge is 0.345 e. The van der Waals surface area contributed by atoms with Crippen LogP contribution >= 0.6 is 15.9 Å². The number of rotatable bonds is 4. The van der Waals surface area contributed by atoms with Crippen LogP contribution in [0.25, 0.3) is 0 Å². The minimum Gasteiger partial charge on any atom is -0.345 e. The number of nitrogens with zero attached hydrogens (tertiary/aromatic N) is 1. The van der Waals surface area contributed by atoms with Gasteiger partial charge in [-0.2, -0.15) is 13.2 Å². The summed E-state index contributed by atoms with van der Waals surface area (Å²) in [6.07, 6.45) is -4.10. The van der Waals surface area contributed by atoms with Crippen molar-refractivity contribution in [2.45, 2.75) is 12.6 Å². The summed E-state index contributed by atoms with van der Waals surface area (Å²) in [6.45, 7) is -1.27. The van der Waals surface area contributed by atoms with E-state index < -0.39 is 18.6 Å². The summed E-state index contributed by atoms with van der Waals surface area (Å²) in [5.74, 6) is -0.861. The molecule has 0 saturated carbocycles. The molecule has 1 saturated heterocycles. The molecule has 1 heterocycles. The SMILES string of the molecule is O=C(CN1CC(CBr)CC1=O)NCC(F)(F)F. The lowest BCUT2D eigenvalue weighted by Gasteiger charge is -2.16. The van der Waals surface area contributed by atoms with Crippen molar-refractivity contribution < 1.29 is 22.8 Å². The van der Waals surface area contributed by atoms with Crippen molar-refractivity contribution in [3.63, 3.8) is 0 Å². The number of carbonyl (C=O) groups excluding carboxylic acids is 2. The molecule has 0 spiro atoms. The zero-order chi connectivity index (χ0) is 13.1. The lowest BCUT2D eigenvalue weighted by molar-refractivity contribution is -0.141. The van der Waals surface area contributed by atoms with Crippen molar-refractivity contribution in [3.8, 4) is 0 Å². The Balaban J connectivity index is 2.34. The third-order valence-electron chi connectivity index (χ3n) is 2.33. The van der Waals surface area contributed by atoms with Gasteiger partial charge in [0.1, 0.15) is 6.54 Å². The highest BCUT2D eigenvalue weighted by atomic mass is 79.9. The van der Waals surface area contributed by atoms with Crippen LogP contribution < -0.4 is 5.32 Å². The highest BCUT2D eigenvalue weighted by Crippen LogP contribution is 2.19. The molecule has 1 rings (SSSR count). The van der Waals surface area contributed by atoms with Crippen LogP contribution in [0, 0.1) is 5.92 Å². The summed E-state index contributed by atoms with van der Waals surface area (Å²) < 4.78 is 35.5. The average Bonchev–Trinajstić information content (AvgIpc) is 2.56. The number of halogens is 4. The van der Waals surface area contributed by atoms with Crippen LogP contribution in [0.2, 0.25) is 0 Å². The van der Waals surface area contributed by atoms with Crippen molar-refractivity contribution in [2.24, 2.45) is 5.92 Å². The second-order valence-corrected chi connectivity index (χ2v) is 4.54. The fourth-order valence-corrected chi connectivity index (χ4v) is 1.97. The van der Waals surface area contributed by atoms with E-state index in [-0.39, 0.29) is 18.4 Å². The monoisotopic (exact) mass is 316 g/mol. The second kappa shape index (κ2) is 5.70. The van der Waals surface area contributed by atoms with Gasteiger partial charge in [-0.3, -0.25) is 9.59 Å². The number of nitrogens with one attached hydrogen (secondary N) is 1. The van der Waals surface area contributed by atoms with Crippen LogP contribution in [0.1, 0.15) is 6.42 Å². The standard InChI is InChI=1S/C9H12BrF3N2O2/c10-2-6-1-8(17)15(3-6)4-7(16)14-5-9(11,12)13/h6H,1-5H2,(H,14,16). The molecule has 1 atom stereocenters. The summed E-state index contributed by atoms with van der Waals surface area (Å²) in [6, 6.07) is 0. The molecule has 1 unspecified atom stereocenters. The third kappa shape index (κ3) is 4.93. The first-order valence-corrected chi connectivity index (χ1v) is 6.11. The Morgan fingerprint density at radius 1 is 1.53 bits per heavy atom. The molecule has 0 aliphatic carbocycles. The zero-order valence-corrected chi connectivity index (χ0v) is 10.5. The number of hydrogen-bond acceptors (Lipinski definition) is 2. The molecule has 4 nitrogen and oxygen atoms in total. The van der Waals surface area contributed by atoms with Gasteiger partial charge in [-0.1, -0.05) is 15.9 Å². The number of hydrogen-bond donors (Lipinski definition) is 1. The minimum atomic E-state index is -4.43. The first-order chi connectivity index (χ1) is 7.81. The lowest BCUT2D eigenvalue weighted by Crippen LogP contribution is -2.41. The summed E-state index contributed by atoms with van der Waals surface area (Å²) in [4.78, 5) is 23.8. The summed E-state index contributed by atoms with van der Waals surface area (Å²) >= 11 is 3.23. The maximum Gasteiger partial charge on any atom is 0.405 e. The maximum absolute atomic E-state index is 11.8. The second-order valence-electron chi connectivity index (χ2n) is 3.89. The van der Waals surface area contributed by atoms with E-state index in [4.69, 9.17) is 0 Å². The van der Waals surface area contributed by atoms with E-state index in [1.54, 1.807) is 5.32 Å². The van der Waals surface area contributed by atoms with E-state index in [9.17, 15) is 22.8 Å². The normalized spacial score (nSPS) is 20.8. The lowest BCUT2D eigenvalue weighted by atomic mass is 10.2. The van der Waals surface area contributed by atoms with E-state index in [0.717, 1.165) is 0 Å². The van der Waals surface area contributed by atoms with Crippen molar-refractivity contribution in [3.05, 3.63) is 0 Å². The molecule has 0 bridgehead atoms. The van der Waals surface area contributed by atoms with Gasteiger partial charge < -0.3 is 10.2 Å². The Bertz CT molecular complexity index is 309. The number of alkyl halides is 4. The number of amides is 2. The molecule has 1 aliphatic heterocycles. The summed E-state index contributed by atoms with van der Waals surface area (Å²) in [7, 11) is 0. The van der Waals surface area contributed by atoms with Crippen LogP contribution in [-0.2, 0) is 9.59 Å². The molecule has 8 heteroatoms. The third-order valence-corrected chi connectivity index (χ3v) is 3.25. The molecule has 1 fully saturated rings. The van der Waals surface area contributed by atoms with E-state index in [1.165, 1.54) is 4.90 Å². The van der Waals surface area contributed by atoms with Crippen molar-refractivity contribution in [2.75, 3.05) is 25.0 Å². The van der Waals surface area contributed by atoms with E-state index in [0.29, 0.717) is 18.3 Å². The first kappa shape index (κ1) is 14.3. The maximum atomic E-state index is 11.8. The fraction of sp³-hybridized carbons (Fsp3) is 0.778. The van der Waals surface area contributed by atoms with Crippen molar-refractivity contribution >= 4 is 27.7 Å². The zero-order valence-electron chi connectivity index (χ0n) is 8.89. The Kier molecular flexibility index (Phi) is 4.79. The number of carbonyl (C=O) groups is 2. The van der Waals surface area contributed by atoms with Gasteiger partial charge in [0.2, 0.25) is 11.8 Å². The van der Waals surface area contributed by atoms with Crippen LogP contribution in [0.15, 0.2) is 0 Å². The quantitative estimate of drug-likeness (QED) is 0.784. The number of likely N-dealkylation sites (tertiary alicyclic amines) is 1. The Morgan fingerprint density at radius 2 is 2.18 bits per heavy atom. The Labute approximate surface area is 105 Å². The molecule has 98 valence electrons. The van der Waals surface area contributed by atoms with Gasteiger partial charge in [-0.05, 0) is 5.92 Å². The largest absolute Gasteiger partial charge is 0.405 e. The fourth-order valence-electron chi connectivity index (χ4n) is 1.54. The van der Waals surface area contributed by atoms with Gasteiger partial charge in [0.15, 0.2) is 0 Å². The van der Waals surface area contributed by atoms with Crippen LogP contribution in [-0.4, -0.2) is 47.9 Å². The molecular weight excluding hydrogens is 305 g/mol. The average molecular weight is 317 g/mol. The van der Waals surface area contributed by atoms with E-state index >= 15 is 0 Å². The van der Waals surface area contributed by atoms with Crippen LogP contribution in [0.4, 0.5) is 13.2 Å². The molecule has 17 heavy (non-hydrogen) atoms. The Morgan fingerprint density at radius 3 is 2.65 bits per heavy atom. The molecular formula is C9H12BrF3N2O2. The van der Waals surface area contributed by atoms with Crippen molar-refractivity contribution in [1.29, 1.82) is 0 Å². The van der Waals surface area contributed by atoms with Crippen LogP contribution in [0.5, 0.6) is 0 Å². The molecule has 2 amide bonds. The van der Waals surface area contributed by atoms with Gasteiger partial charge in [0.25, 0.3) is 0 Å². The van der Waals surface area contributed by atoms with Gasteiger partial charge in [0, 0.05) is 18.3 Å². The molecule has 0 aromatic heterocycles. The van der Waals surface area contributed by atoms with Gasteiger partial charge in [-0.15, -0.1) is 0 Å². The topological polar surface area (TPSA) is 49.4 Å². The molecule has 1 N–H and O–H groups in total. The summed E-state index contributed by atoms with van der Waals surface area (Å²) in [5.41, 5.74) is 0. The van der Waals surface area contributed by atoms with E-state index in [1.807, 2.05) is 0 Å².